The maximum Gasteiger partial charge on any atom is 0.244 e. The molecule has 0 heterocycles. The quantitative estimate of drug-likeness (QED) is 0.271. The van der Waals surface area contributed by atoms with Crippen LogP contribution in [0.4, 0.5) is 5.69 Å². The van der Waals surface area contributed by atoms with Crippen LogP contribution < -0.4 is 14.4 Å². The first-order valence-corrected chi connectivity index (χ1v) is 15.7. The number of anilines is 1. The minimum absolute atomic E-state index is 0.0237. The lowest BCUT2D eigenvalue weighted by atomic mass is 10.1. The van der Waals surface area contributed by atoms with Crippen molar-refractivity contribution in [3.8, 4) is 5.75 Å². The van der Waals surface area contributed by atoms with Crippen LogP contribution in [0.5, 0.6) is 5.75 Å². The number of nitrogens with one attached hydrogen (secondary N) is 1. The van der Waals surface area contributed by atoms with Gasteiger partial charge in [0.1, 0.15) is 24.9 Å². The van der Waals surface area contributed by atoms with Gasteiger partial charge >= 0.3 is 0 Å². The second-order valence-corrected chi connectivity index (χ2v) is 12.8. The lowest BCUT2D eigenvalue weighted by molar-refractivity contribution is -0.139. The Balaban J connectivity index is 1.83. The molecule has 3 aromatic carbocycles. The Labute approximate surface area is 252 Å². The van der Waals surface area contributed by atoms with E-state index in [4.69, 9.17) is 27.9 Å². The Morgan fingerprint density at radius 2 is 1.56 bits per heavy atom. The van der Waals surface area contributed by atoms with Crippen LogP contribution in [0.2, 0.25) is 10.0 Å². The highest BCUT2D eigenvalue weighted by Crippen LogP contribution is 2.25. The fourth-order valence-corrected chi connectivity index (χ4v) is 5.10. The second-order valence-electron chi connectivity index (χ2n) is 10.1. The van der Waals surface area contributed by atoms with E-state index in [9.17, 15) is 18.0 Å². The summed E-state index contributed by atoms with van der Waals surface area (Å²) in [7, 11) is -3.86. The van der Waals surface area contributed by atoms with Crippen LogP contribution in [0.15, 0.2) is 72.8 Å². The summed E-state index contributed by atoms with van der Waals surface area (Å²) in [6, 6.07) is 20.1. The highest BCUT2D eigenvalue weighted by Gasteiger charge is 2.30. The van der Waals surface area contributed by atoms with Gasteiger partial charge in [-0.05, 0) is 60.4 Å². The largest absolute Gasteiger partial charge is 0.489 e. The van der Waals surface area contributed by atoms with Gasteiger partial charge in [0, 0.05) is 13.1 Å². The summed E-state index contributed by atoms with van der Waals surface area (Å²) in [6.45, 7) is 5.84. The van der Waals surface area contributed by atoms with Crippen LogP contribution in [0.1, 0.15) is 31.9 Å². The number of hydrogen-bond acceptors (Lipinski definition) is 5. The third kappa shape index (κ3) is 9.66. The summed E-state index contributed by atoms with van der Waals surface area (Å²) in [6.07, 6.45) is 1.03. The molecule has 0 saturated heterocycles. The average Bonchev–Trinajstić information content (AvgIpc) is 2.93. The molecule has 0 spiro atoms. The van der Waals surface area contributed by atoms with E-state index in [0.29, 0.717) is 40.2 Å². The molecule has 0 unspecified atom stereocenters. The van der Waals surface area contributed by atoms with Gasteiger partial charge in [-0.25, -0.2) is 8.42 Å². The number of rotatable bonds is 13. The predicted molar refractivity (Wildman–Crippen MR) is 164 cm³/mol. The Bertz CT molecular complexity index is 1430. The first-order chi connectivity index (χ1) is 19.3. The number of hydrogen-bond donors (Lipinski definition) is 1. The molecule has 0 bridgehead atoms. The van der Waals surface area contributed by atoms with Crippen LogP contribution in [-0.4, -0.2) is 50.5 Å². The number of nitrogens with zero attached hydrogens (tertiary/aromatic N) is 2. The van der Waals surface area contributed by atoms with Gasteiger partial charge in [-0.3, -0.25) is 13.9 Å². The number of sulfonamides is 1. The summed E-state index contributed by atoms with van der Waals surface area (Å²) in [4.78, 5) is 28.0. The molecule has 0 aromatic heterocycles. The van der Waals surface area contributed by atoms with Crippen molar-refractivity contribution >= 4 is 50.7 Å². The SMILES string of the molecule is CC(C)CNC(=O)[C@@H](C)N(Cc1ccc(Cl)c(Cl)c1)C(=O)CN(c1ccc(OCc2ccccc2)cc1)S(C)(=O)=O. The van der Waals surface area contributed by atoms with Gasteiger partial charge in [0.15, 0.2) is 0 Å². The molecule has 0 fully saturated rings. The Morgan fingerprint density at radius 3 is 2.15 bits per heavy atom. The van der Waals surface area contributed by atoms with E-state index in [1.165, 1.54) is 4.90 Å². The van der Waals surface area contributed by atoms with Crippen LogP contribution >= 0.6 is 23.2 Å². The number of amides is 2. The van der Waals surface area contributed by atoms with Crippen molar-refractivity contribution in [2.45, 2.75) is 40.0 Å². The Kier molecular flexibility index (Phi) is 11.5. The first kappa shape index (κ1) is 32.2. The number of ether oxygens (including phenoxy) is 1. The summed E-state index contributed by atoms with van der Waals surface area (Å²) in [5, 5.41) is 3.51. The van der Waals surface area contributed by atoms with Crippen LogP contribution in [0, 0.1) is 5.92 Å². The molecular weight excluding hydrogens is 585 g/mol. The molecule has 0 radical (unpaired) electrons. The molecule has 0 aliphatic rings. The molecular formula is C30H35Cl2N3O5S. The van der Waals surface area contributed by atoms with E-state index in [2.05, 4.69) is 5.32 Å². The summed E-state index contributed by atoms with van der Waals surface area (Å²) < 4.78 is 32.5. The Hall–Kier alpha value is -3.27. The Morgan fingerprint density at radius 1 is 0.902 bits per heavy atom. The van der Waals surface area contributed by atoms with Crippen molar-refractivity contribution in [1.82, 2.24) is 10.2 Å². The van der Waals surface area contributed by atoms with Crippen molar-refractivity contribution in [2.24, 2.45) is 5.92 Å². The molecule has 220 valence electrons. The smallest absolute Gasteiger partial charge is 0.244 e. The zero-order valence-corrected chi connectivity index (χ0v) is 25.8. The normalized spacial score (nSPS) is 12.1. The summed E-state index contributed by atoms with van der Waals surface area (Å²) in [5.41, 5.74) is 1.93. The number of halogens is 2. The van der Waals surface area contributed by atoms with E-state index < -0.39 is 28.5 Å². The molecule has 3 rings (SSSR count). The molecule has 11 heteroatoms. The number of carbonyl (C=O) groups excluding carboxylic acids is 2. The maximum absolute atomic E-state index is 13.7. The molecule has 0 aliphatic heterocycles. The first-order valence-electron chi connectivity index (χ1n) is 13.1. The van der Waals surface area contributed by atoms with Gasteiger partial charge in [-0.1, -0.05) is 73.4 Å². The van der Waals surface area contributed by atoms with Crippen molar-refractivity contribution in [2.75, 3.05) is 23.7 Å². The van der Waals surface area contributed by atoms with E-state index in [-0.39, 0.29) is 18.4 Å². The van der Waals surface area contributed by atoms with E-state index in [1.807, 2.05) is 44.2 Å². The average molecular weight is 621 g/mol. The zero-order chi connectivity index (χ0) is 30.2. The van der Waals surface area contributed by atoms with Crippen molar-refractivity contribution in [1.29, 1.82) is 0 Å². The highest BCUT2D eigenvalue weighted by atomic mass is 35.5. The lowest BCUT2D eigenvalue weighted by Gasteiger charge is -2.31. The summed E-state index contributed by atoms with van der Waals surface area (Å²) >= 11 is 12.2. The van der Waals surface area contributed by atoms with Crippen LogP contribution in [0.25, 0.3) is 0 Å². The minimum Gasteiger partial charge on any atom is -0.489 e. The van der Waals surface area contributed by atoms with E-state index in [0.717, 1.165) is 16.1 Å². The highest BCUT2D eigenvalue weighted by molar-refractivity contribution is 7.92. The van der Waals surface area contributed by atoms with Gasteiger partial charge < -0.3 is 15.0 Å². The van der Waals surface area contributed by atoms with Gasteiger partial charge in [-0.15, -0.1) is 0 Å². The van der Waals surface area contributed by atoms with Gasteiger partial charge in [-0.2, -0.15) is 0 Å². The lowest BCUT2D eigenvalue weighted by Crippen LogP contribution is -2.51. The molecule has 8 nitrogen and oxygen atoms in total. The molecule has 1 N–H and O–H groups in total. The van der Waals surface area contributed by atoms with Gasteiger partial charge in [0.25, 0.3) is 0 Å². The fourth-order valence-electron chi connectivity index (χ4n) is 3.93. The standard InChI is InChI=1S/C30H35Cl2N3O5S/c1-21(2)17-33-30(37)22(3)34(18-24-10-15-27(31)28(32)16-24)29(36)19-35(41(4,38)39)25-11-13-26(14-12-25)40-20-23-8-6-5-7-9-23/h5-16,21-22H,17-20H2,1-4H3,(H,33,37)/t22-/m1/s1. The van der Waals surface area contributed by atoms with E-state index in [1.54, 1.807) is 49.4 Å². The van der Waals surface area contributed by atoms with Gasteiger partial charge in [0.2, 0.25) is 21.8 Å². The minimum atomic E-state index is -3.86. The number of benzene rings is 3. The van der Waals surface area contributed by atoms with Crippen molar-refractivity contribution < 1.29 is 22.7 Å². The van der Waals surface area contributed by atoms with Crippen molar-refractivity contribution in [3.63, 3.8) is 0 Å². The van der Waals surface area contributed by atoms with Crippen LogP contribution in [-0.2, 0) is 32.8 Å². The molecule has 41 heavy (non-hydrogen) atoms. The maximum atomic E-state index is 13.7. The van der Waals surface area contributed by atoms with Gasteiger partial charge in [0.05, 0.1) is 22.0 Å². The third-order valence-electron chi connectivity index (χ3n) is 6.24. The fraction of sp³-hybridized carbons (Fsp3) is 0.333. The molecule has 2 amide bonds. The van der Waals surface area contributed by atoms with Crippen molar-refractivity contribution in [3.05, 3.63) is 94.0 Å². The molecule has 0 aliphatic carbocycles. The monoisotopic (exact) mass is 619 g/mol. The summed E-state index contributed by atoms with van der Waals surface area (Å²) in [5.74, 6) is -0.143. The predicted octanol–water partition coefficient (Wildman–Crippen LogP) is 5.53. The zero-order valence-electron chi connectivity index (χ0n) is 23.5. The third-order valence-corrected chi connectivity index (χ3v) is 8.12. The second kappa shape index (κ2) is 14.6. The van der Waals surface area contributed by atoms with E-state index >= 15 is 0 Å². The molecule has 1 atom stereocenters. The molecule has 3 aromatic rings. The number of carbonyl (C=O) groups is 2. The van der Waals surface area contributed by atoms with Crippen LogP contribution in [0.3, 0.4) is 0 Å². The molecule has 0 saturated carbocycles. The topological polar surface area (TPSA) is 96.0 Å².